The van der Waals surface area contributed by atoms with E-state index >= 15 is 0 Å². The Kier molecular flexibility index (Phi) is 6.45. The van der Waals surface area contributed by atoms with Gasteiger partial charge < -0.3 is 18.9 Å². The minimum absolute atomic E-state index is 0.0388. The number of para-hydroxylation sites is 2. The van der Waals surface area contributed by atoms with E-state index in [0.29, 0.717) is 19.6 Å². The van der Waals surface area contributed by atoms with Gasteiger partial charge in [-0.2, -0.15) is 0 Å². The van der Waals surface area contributed by atoms with E-state index in [1.54, 1.807) is 7.11 Å². The van der Waals surface area contributed by atoms with Crippen LogP contribution in [-0.4, -0.2) is 35.7 Å². The van der Waals surface area contributed by atoms with Crippen LogP contribution in [0.4, 0.5) is 5.69 Å². The van der Waals surface area contributed by atoms with Crippen molar-refractivity contribution < 1.29 is 14.3 Å². The normalized spacial score (nSPS) is 15.7. The topological polar surface area (TPSA) is 56.6 Å². The number of rotatable bonds is 8. The van der Waals surface area contributed by atoms with E-state index in [1.807, 2.05) is 47.4 Å². The smallest absolute Gasteiger partial charge is 0.227 e. The van der Waals surface area contributed by atoms with Gasteiger partial charge in [0.15, 0.2) is 0 Å². The van der Waals surface area contributed by atoms with Crippen LogP contribution in [0.25, 0.3) is 11.0 Å². The zero-order chi connectivity index (χ0) is 24.4. The molecule has 0 bridgehead atoms. The van der Waals surface area contributed by atoms with Gasteiger partial charge in [0.2, 0.25) is 5.91 Å². The molecule has 0 spiro atoms. The Morgan fingerprint density at radius 1 is 1.03 bits per heavy atom. The van der Waals surface area contributed by atoms with Gasteiger partial charge in [-0.1, -0.05) is 24.3 Å². The molecule has 35 heavy (non-hydrogen) atoms. The van der Waals surface area contributed by atoms with Gasteiger partial charge in [0, 0.05) is 31.1 Å². The van der Waals surface area contributed by atoms with E-state index in [9.17, 15) is 4.79 Å². The number of ether oxygens (including phenoxy) is 2. The molecule has 1 aliphatic heterocycles. The van der Waals surface area contributed by atoms with Crippen LogP contribution in [0.1, 0.15) is 35.7 Å². The quantitative estimate of drug-likeness (QED) is 0.313. The molecule has 6 nitrogen and oxygen atoms in total. The van der Waals surface area contributed by atoms with Gasteiger partial charge in [-0.15, -0.1) is 0 Å². The highest BCUT2D eigenvalue weighted by Gasteiger charge is 2.34. The van der Waals surface area contributed by atoms with Crippen LogP contribution in [0.2, 0.25) is 0 Å². The largest absolute Gasteiger partial charge is 0.497 e. The molecule has 0 N–H and O–H groups in total. The van der Waals surface area contributed by atoms with Crippen LogP contribution in [0.15, 0.2) is 66.7 Å². The lowest BCUT2D eigenvalue weighted by molar-refractivity contribution is -0.117. The van der Waals surface area contributed by atoms with E-state index in [4.69, 9.17) is 14.5 Å². The van der Waals surface area contributed by atoms with Gasteiger partial charge in [-0.25, -0.2) is 4.98 Å². The Hall–Kier alpha value is -3.80. The number of fused-ring (bicyclic) bond motifs is 1. The molecule has 3 aromatic carbocycles. The van der Waals surface area contributed by atoms with E-state index in [2.05, 4.69) is 42.7 Å². The summed E-state index contributed by atoms with van der Waals surface area (Å²) in [6.07, 6.45) is 1.30. The standard InChI is InChI=1S/C29H31N3O3/c1-20-9-10-21(2)27(17-20)35-16-6-15-31-26-8-5-4-7-25(26)30-29(31)22-18-28(33)32(19-22)23-11-13-24(34-3)14-12-23/h4-5,7-14,17,22H,6,15-16,18-19H2,1-3H3/t22-/m1/s1. The van der Waals surface area contributed by atoms with Crippen molar-refractivity contribution in [3.63, 3.8) is 0 Å². The van der Waals surface area contributed by atoms with Gasteiger partial charge in [0.1, 0.15) is 17.3 Å². The summed E-state index contributed by atoms with van der Waals surface area (Å²) in [5, 5.41) is 0. The molecule has 1 aliphatic rings. The zero-order valence-corrected chi connectivity index (χ0v) is 20.5. The van der Waals surface area contributed by atoms with Crippen molar-refractivity contribution in [3.8, 4) is 11.5 Å². The SMILES string of the molecule is COc1ccc(N2C[C@H](c3nc4ccccc4n3CCCOc3cc(C)ccc3C)CC2=O)cc1. The van der Waals surface area contributed by atoms with E-state index in [1.165, 1.54) is 5.56 Å². The van der Waals surface area contributed by atoms with Crippen molar-refractivity contribution >= 4 is 22.6 Å². The number of nitrogens with zero attached hydrogens (tertiary/aromatic N) is 3. The van der Waals surface area contributed by atoms with E-state index < -0.39 is 0 Å². The fraction of sp³-hybridized carbons (Fsp3) is 0.310. The molecule has 1 atom stereocenters. The van der Waals surface area contributed by atoms with E-state index in [-0.39, 0.29) is 11.8 Å². The molecule has 1 aromatic heterocycles. The van der Waals surface area contributed by atoms with Gasteiger partial charge in [0.25, 0.3) is 0 Å². The number of carbonyl (C=O) groups excluding carboxylic acids is 1. The van der Waals surface area contributed by atoms with Crippen LogP contribution in [0.5, 0.6) is 11.5 Å². The summed E-state index contributed by atoms with van der Waals surface area (Å²) in [5.41, 5.74) is 5.30. The number of aryl methyl sites for hydroxylation is 3. The number of aromatic nitrogens is 2. The molecule has 4 aromatic rings. The fourth-order valence-corrected chi connectivity index (χ4v) is 4.80. The first-order valence-electron chi connectivity index (χ1n) is 12.1. The van der Waals surface area contributed by atoms with Crippen LogP contribution in [0.3, 0.4) is 0 Å². The Bertz CT molecular complexity index is 1340. The molecule has 1 saturated heterocycles. The average molecular weight is 470 g/mol. The number of hydrogen-bond acceptors (Lipinski definition) is 4. The Balaban J connectivity index is 1.34. The highest BCUT2D eigenvalue weighted by Crippen LogP contribution is 2.34. The summed E-state index contributed by atoms with van der Waals surface area (Å²) >= 11 is 0. The van der Waals surface area contributed by atoms with Crippen molar-refractivity contribution in [3.05, 3.63) is 83.7 Å². The predicted molar refractivity (Wildman–Crippen MR) is 138 cm³/mol. The third kappa shape index (κ3) is 4.74. The molecule has 6 heteroatoms. The molecule has 5 rings (SSSR count). The van der Waals surface area contributed by atoms with Gasteiger partial charge in [-0.3, -0.25) is 4.79 Å². The fourth-order valence-electron chi connectivity index (χ4n) is 4.80. The lowest BCUT2D eigenvalue weighted by Gasteiger charge is -2.18. The van der Waals surface area contributed by atoms with E-state index in [0.717, 1.165) is 52.6 Å². The first-order chi connectivity index (χ1) is 17.0. The molecule has 180 valence electrons. The first kappa shape index (κ1) is 23.0. The van der Waals surface area contributed by atoms with Crippen LogP contribution in [0, 0.1) is 13.8 Å². The molecule has 0 aliphatic carbocycles. The minimum atomic E-state index is 0.0388. The van der Waals surface area contributed by atoms with Crippen LogP contribution >= 0.6 is 0 Å². The van der Waals surface area contributed by atoms with Crippen molar-refractivity contribution in [2.24, 2.45) is 0 Å². The molecule has 0 saturated carbocycles. The number of hydrogen-bond donors (Lipinski definition) is 0. The van der Waals surface area contributed by atoms with Gasteiger partial charge in [-0.05, 0) is 73.9 Å². The van der Waals surface area contributed by atoms with Crippen molar-refractivity contribution in [1.29, 1.82) is 0 Å². The third-order valence-electron chi connectivity index (χ3n) is 6.69. The molecule has 0 radical (unpaired) electrons. The first-order valence-corrected chi connectivity index (χ1v) is 12.1. The number of methoxy groups -OCH3 is 1. The molecule has 0 unspecified atom stereocenters. The summed E-state index contributed by atoms with van der Waals surface area (Å²) in [6.45, 7) is 6.18. The Morgan fingerprint density at radius 3 is 2.63 bits per heavy atom. The second kappa shape index (κ2) is 9.82. The second-order valence-corrected chi connectivity index (χ2v) is 9.18. The number of anilines is 1. The van der Waals surface area contributed by atoms with Crippen LogP contribution < -0.4 is 14.4 Å². The number of carbonyl (C=O) groups is 1. The maximum absolute atomic E-state index is 13.0. The van der Waals surface area contributed by atoms with Crippen LogP contribution in [-0.2, 0) is 11.3 Å². The molecular formula is C29H31N3O3. The lowest BCUT2D eigenvalue weighted by atomic mass is 10.1. The Morgan fingerprint density at radius 2 is 1.83 bits per heavy atom. The second-order valence-electron chi connectivity index (χ2n) is 9.18. The third-order valence-corrected chi connectivity index (χ3v) is 6.69. The van der Waals surface area contributed by atoms with Gasteiger partial charge in [0.05, 0.1) is 24.8 Å². The summed E-state index contributed by atoms with van der Waals surface area (Å²) in [4.78, 5) is 19.8. The number of benzene rings is 3. The predicted octanol–water partition coefficient (Wildman–Crippen LogP) is 5.65. The highest BCUT2D eigenvalue weighted by molar-refractivity contribution is 5.96. The zero-order valence-electron chi connectivity index (χ0n) is 20.5. The maximum atomic E-state index is 13.0. The summed E-state index contributed by atoms with van der Waals surface area (Å²) in [6, 6.07) is 22.1. The molecule has 2 heterocycles. The van der Waals surface area contributed by atoms with Crippen molar-refractivity contribution in [2.75, 3.05) is 25.2 Å². The molecule has 1 amide bonds. The number of imidazole rings is 1. The van der Waals surface area contributed by atoms with Crippen molar-refractivity contribution in [2.45, 2.75) is 39.2 Å². The highest BCUT2D eigenvalue weighted by atomic mass is 16.5. The lowest BCUT2D eigenvalue weighted by Crippen LogP contribution is -2.24. The van der Waals surface area contributed by atoms with Gasteiger partial charge >= 0.3 is 0 Å². The maximum Gasteiger partial charge on any atom is 0.227 e. The molecular weight excluding hydrogens is 438 g/mol. The molecule has 1 fully saturated rings. The number of amides is 1. The average Bonchev–Trinajstić information content (AvgIpc) is 3.44. The summed E-state index contributed by atoms with van der Waals surface area (Å²) in [7, 11) is 1.64. The van der Waals surface area contributed by atoms with Crippen molar-refractivity contribution in [1.82, 2.24) is 9.55 Å². The summed E-state index contributed by atoms with van der Waals surface area (Å²) < 4.78 is 13.6. The Labute approximate surface area is 206 Å². The summed E-state index contributed by atoms with van der Waals surface area (Å²) in [5.74, 6) is 2.86. The minimum Gasteiger partial charge on any atom is -0.497 e. The monoisotopic (exact) mass is 469 g/mol.